The molecular formula is C6H7ClN2S2. The fourth-order valence-electron chi connectivity index (χ4n) is 0.428. The summed E-state index contributed by atoms with van der Waals surface area (Å²) in [5.74, 6) is 1.35. The molecule has 11 heavy (non-hydrogen) atoms. The molecule has 0 N–H and O–H groups in total. The van der Waals surface area contributed by atoms with Crippen LogP contribution in [-0.2, 0) is 0 Å². The van der Waals surface area contributed by atoms with E-state index < -0.39 is 0 Å². The van der Waals surface area contributed by atoms with Crippen molar-refractivity contribution in [1.82, 2.24) is 10.2 Å². The second-order valence-electron chi connectivity index (χ2n) is 1.88. The SMILES string of the molecule is C=C(CCl)CSc1nncs1. The zero-order valence-corrected chi connectivity index (χ0v) is 8.18. The van der Waals surface area contributed by atoms with Gasteiger partial charge in [-0.05, 0) is 0 Å². The van der Waals surface area contributed by atoms with E-state index in [1.807, 2.05) is 0 Å². The second-order valence-corrected chi connectivity index (χ2v) is 4.20. The Hall–Kier alpha value is -0.0600. The van der Waals surface area contributed by atoms with Crippen LogP contribution in [-0.4, -0.2) is 21.8 Å². The molecule has 0 bridgehead atoms. The molecule has 60 valence electrons. The van der Waals surface area contributed by atoms with E-state index in [2.05, 4.69) is 16.8 Å². The number of thioether (sulfide) groups is 1. The summed E-state index contributed by atoms with van der Waals surface area (Å²) in [7, 11) is 0. The minimum atomic E-state index is 0.520. The van der Waals surface area contributed by atoms with E-state index in [1.54, 1.807) is 17.3 Å². The zero-order chi connectivity index (χ0) is 8.10. The third-order valence-corrected chi connectivity index (χ3v) is 3.31. The molecule has 0 spiro atoms. The van der Waals surface area contributed by atoms with E-state index in [0.29, 0.717) is 5.88 Å². The average molecular weight is 207 g/mol. The van der Waals surface area contributed by atoms with Crippen LogP contribution in [0.4, 0.5) is 0 Å². The predicted octanol–water partition coefficient (Wildman–Crippen LogP) is 2.43. The van der Waals surface area contributed by atoms with Gasteiger partial charge in [-0.1, -0.05) is 35.3 Å². The van der Waals surface area contributed by atoms with Gasteiger partial charge in [-0.2, -0.15) is 0 Å². The number of hydrogen-bond donors (Lipinski definition) is 0. The fraction of sp³-hybridized carbons (Fsp3) is 0.333. The lowest BCUT2D eigenvalue weighted by Crippen LogP contribution is -1.85. The largest absolute Gasteiger partial charge is 0.174 e. The number of rotatable bonds is 4. The Labute approximate surface area is 78.7 Å². The minimum absolute atomic E-state index is 0.520. The van der Waals surface area contributed by atoms with Crippen LogP contribution in [0.3, 0.4) is 0 Å². The van der Waals surface area contributed by atoms with Crippen LogP contribution in [0.25, 0.3) is 0 Å². The number of aromatic nitrogens is 2. The highest BCUT2D eigenvalue weighted by atomic mass is 35.5. The molecule has 1 rings (SSSR count). The summed E-state index contributed by atoms with van der Waals surface area (Å²) < 4.78 is 0.969. The molecule has 0 amide bonds. The molecule has 5 heteroatoms. The van der Waals surface area contributed by atoms with Crippen LogP contribution < -0.4 is 0 Å². The predicted molar refractivity (Wildman–Crippen MR) is 50.5 cm³/mol. The molecule has 2 nitrogen and oxygen atoms in total. The molecule has 0 saturated heterocycles. The Morgan fingerprint density at radius 3 is 3.18 bits per heavy atom. The van der Waals surface area contributed by atoms with E-state index in [0.717, 1.165) is 15.7 Å². The highest BCUT2D eigenvalue weighted by Gasteiger charge is 1.98. The molecule has 0 aliphatic heterocycles. The lowest BCUT2D eigenvalue weighted by atomic mass is 10.4. The standard InChI is InChI=1S/C6H7ClN2S2/c1-5(2-7)3-10-6-9-8-4-11-6/h4H,1-3H2. The van der Waals surface area contributed by atoms with Crippen molar-refractivity contribution in [3.63, 3.8) is 0 Å². The van der Waals surface area contributed by atoms with Crippen molar-refractivity contribution in [2.45, 2.75) is 4.34 Å². The van der Waals surface area contributed by atoms with Crippen LogP contribution in [0.15, 0.2) is 22.0 Å². The summed E-state index contributed by atoms with van der Waals surface area (Å²) in [6.07, 6.45) is 0. The van der Waals surface area contributed by atoms with E-state index in [-0.39, 0.29) is 0 Å². The van der Waals surface area contributed by atoms with E-state index in [9.17, 15) is 0 Å². The number of hydrogen-bond acceptors (Lipinski definition) is 4. The first kappa shape index (κ1) is 9.03. The third kappa shape index (κ3) is 3.22. The topological polar surface area (TPSA) is 25.8 Å². The quantitative estimate of drug-likeness (QED) is 0.430. The van der Waals surface area contributed by atoms with Crippen molar-refractivity contribution in [3.05, 3.63) is 17.7 Å². The second kappa shape index (κ2) is 4.74. The molecule has 0 aromatic carbocycles. The summed E-state index contributed by atoms with van der Waals surface area (Å²) in [4.78, 5) is 0. The molecule has 0 saturated carbocycles. The van der Waals surface area contributed by atoms with Crippen molar-refractivity contribution in [1.29, 1.82) is 0 Å². The smallest absolute Gasteiger partial charge is 0.146 e. The lowest BCUT2D eigenvalue weighted by molar-refractivity contribution is 1.01. The van der Waals surface area contributed by atoms with Gasteiger partial charge in [0.25, 0.3) is 0 Å². The van der Waals surface area contributed by atoms with Crippen molar-refractivity contribution < 1.29 is 0 Å². The van der Waals surface area contributed by atoms with Gasteiger partial charge in [-0.25, -0.2) is 0 Å². The van der Waals surface area contributed by atoms with Crippen molar-refractivity contribution in [3.8, 4) is 0 Å². The summed E-state index contributed by atoms with van der Waals surface area (Å²) in [6.45, 7) is 3.78. The van der Waals surface area contributed by atoms with Crippen LogP contribution in [0.2, 0.25) is 0 Å². The third-order valence-electron chi connectivity index (χ3n) is 0.929. The number of halogens is 1. The molecule has 0 unspecified atom stereocenters. The van der Waals surface area contributed by atoms with Gasteiger partial charge >= 0.3 is 0 Å². The van der Waals surface area contributed by atoms with Gasteiger partial charge in [0.05, 0.1) is 0 Å². The van der Waals surface area contributed by atoms with Crippen molar-refractivity contribution in [2.75, 3.05) is 11.6 Å². The maximum absolute atomic E-state index is 5.55. The van der Waals surface area contributed by atoms with Crippen LogP contribution in [0.1, 0.15) is 0 Å². The molecule has 0 aliphatic rings. The first-order chi connectivity index (χ1) is 5.33. The molecule has 0 atom stereocenters. The Kier molecular flexibility index (Phi) is 3.90. The number of alkyl halides is 1. The first-order valence-electron chi connectivity index (χ1n) is 2.94. The monoisotopic (exact) mass is 206 g/mol. The average Bonchev–Trinajstić information content (AvgIpc) is 2.52. The number of nitrogens with zero attached hydrogens (tertiary/aromatic N) is 2. The molecule has 0 aliphatic carbocycles. The van der Waals surface area contributed by atoms with E-state index in [1.165, 1.54) is 11.3 Å². The Balaban J connectivity index is 2.29. The van der Waals surface area contributed by atoms with Crippen LogP contribution in [0.5, 0.6) is 0 Å². The van der Waals surface area contributed by atoms with Gasteiger partial charge in [0, 0.05) is 11.6 Å². The minimum Gasteiger partial charge on any atom is -0.146 e. The highest BCUT2D eigenvalue weighted by molar-refractivity contribution is 8.01. The molecule has 0 radical (unpaired) electrons. The van der Waals surface area contributed by atoms with Gasteiger partial charge in [0.15, 0.2) is 4.34 Å². The van der Waals surface area contributed by atoms with Gasteiger partial charge in [-0.15, -0.1) is 21.8 Å². The lowest BCUT2D eigenvalue weighted by Gasteiger charge is -1.95. The van der Waals surface area contributed by atoms with Gasteiger partial charge in [0.1, 0.15) is 5.51 Å². The maximum Gasteiger partial charge on any atom is 0.174 e. The Morgan fingerprint density at radius 2 is 2.64 bits per heavy atom. The molecule has 1 aromatic heterocycles. The van der Waals surface area contributed by atoms with Gasteiger partial charge in [-0.3, -0.25) is 0 Å². The maximum atomic E-state index is 5.55. The zero-order valence-electron chi connectivity index (χ0n) is 5.79. The summed E-state index contributed by atoms with van der Waals surface area (Å²) in [5, 5.41) is 7.58. The van der Waals surface area contributed by atoms with Gasteiger partial charge < -0.3 is 0 Å². The van der Waals surface area contributed by atoms with Crippen LogP contribution in [0, 0.1) is 0 Å². The van der Waals surface area contributed by atoms with Crippen molar-refractivity contribution in [2.24, 2.45) is 0 Å². The fourth-order valence-corrected chi connectivity index (χ4v) is 2.03. The normalized spacial score (nSPS) is 9.91. The van der Waals surface area contributed by atoms with E-state index >= 15 is 0 Å². The summed E-state index contributed by atoms with van der Waals surface area (Å²) in [5.41, 5.74) is 2.73. The Morgan fingerprint density at radius 1 is 1.82 bits per heavy atom. The molecule has 1 aromatic rings. The van der Waals surface area contributed by atoms with Gasteiger partial charge in [0.2, 0.25) is 0 Å². The first-order valence-corrected chi connectivity index (χ1v) is 5.34. The molecule has 1 heterocycles. The Bertz CT molecular complexity index is 222. The molecular weight excluding hydrogens is 200 g/mol. The van der Waals surface area contributed by atoms with Crippen molar-refractivity contribution >= 4 is 34.7 Å². The summed E-state index contributed by atoms with van der Waals surface area (Å²) >= 11 is 8.70. The highest BCUT2D eigenvalue weighted by Crippen LogP contribution is 2.20. The van der Waals surface area contributed by atoms with E-state index in [4.69, 9.17) is 11.6 Å². The summed E-state index contributed by atoms with van der Waals surface area (Å²) in [6, 6.07) is 0. The molecule has 0 fully saturated rings. The van der Waals surface area contributed by atoms with Crippen LogP contribution >= 0.6 is 34.7 Å².